The topological polar surface area (TPSA) is 114 Å². The SMILES string of the molecule is C=CC(=O)N1CCN(c2nc(N3CC(N(CC)CC)C3)nc3c(=O)n(-c4cccc(C)c4C(F)(F)F)ncc23)C[C@@H]1CC#N. The first kappa shape index (κ1) is 30.9. The number of hydrogen-bond acceptors (Lipinski definition) is 9. The lowest BCUT2D eigenvalue weighted by Crippen LogP contribution is -2.60. The monoisotopic (exact) mass is 609 g/mol. The van der Waals surface area contributed by atoms with Crippen LogP contribution in [-0.4, -0.2) is 93.4 Å². The molecule has 0 unspecified atom stereocenters. The van der Waals surface area contributed by atoms with E-state index in [0.29, 0.717) is 25.5 Å². The standard InChI is InChI=1S/C30H34F3N9O2/c1-5-24(43)41-14-13-39(16-20(41)11-12-34)27-22-15-35-42(23-10-8-9-19(4)25(23)30(31,32)33)28(44)26(22)36-29(37-27)40-17-21(18-40)38(6-2)7-3/h5,8-10,15,20-21H,1,6-7,11,13-14,16-18H2,2-4H3/t20-/m0/s1. The molecule has 2 aliphatic rings. The number of rotatable bonds is 8. The van der Waals surface area contributed by atoms with E-state index >= 15 is 0 Å². The number of fused-ring (bicyclic) bond motifs is 1. The number of halogens is 3. The Hall–Kier alpha value is -4.51. The second kappa shape index (κ2) is 12.2. The summed E-state index contributed by atoms with van der Waals surface area (Å²) in [6.07, 6.45) is -2.12. The Morgan fingerprint density at radius 1 is 1.16 bits per heavy atom. The molecule has 232 valence electrons. The van der Waals surface area contributed by atoms with Gasteiger partial charge in [0.05, 0.1) is 41.4 Å². The van der Waals surface area contributed by atoms with Crippen LogP contribution in [-0.2, 0) is 11.0 Å². The fourth-order valence-corrected chi connectivity index (χ4v) is 6.07. The summed E-state index contributed by atoms with van der Waals surface area (Å²) in [5, 5.41) is 13.9. The molecule has 2 aromatic heterocycles. The van der Waals surface area contributed by atoms with Crippen LogP contribution in [0.1, 0.15) is 31.4 Å². The van der Waals surface area contributed by atoms with Gasteiger partial charge in [0, 0.05) is 38.8 Å². The van der Waals surface area contributed by atoms with Crippen molar-refractivity contribution in [3.8, 4) is 11.8 Å². The van der Waals surface area contributed by atoms with Gasteiger partial charge in [0.2, 0.25) is 11.9 Å². The molecule has 11 nitrogen and oxygen atoms in total. The Kier molecular flexibility index (Phi) is 8.60. The van der Waals surface area contributed by atoms with E-state index in [-0.39, 0.29) is 59.6 Å². The van der Waals surface area contributed by atoms with Crippen LogP contribution in [0.2, 0.25) is 0 Å². The number of aromatic nitrogens is 4. The molecule has 3 aromatic rings. The van der Waals surface area contributed by atoms with Crippen LogP contribution in [0.15, 0.2) is 41.8 Å². The van der Waals surface area contributed by atoms with Crippen molar-refractivity contribution in [1.29, 1.82) is 5.26 Å². The van der Waals surface area contributed by atoms with Crippen molar-refractivity contribution in [2.75, 3.05) is 55.6 Å². The molecule has 5 rings (SSSR count). The number of benzene rings is 1. The van der Waals surface area contributed by atoms with E-state index in [1.54, 1.807) is 4.90 Å². The van der Waals surface area contributed by atoms with Gasteiger partial charge in [0.1, 0.15) is 11.3 Å². The predicted molar refractivity (Wildman–Crippen MR) is 160 cm³/mol. The van der Waals surface area contributed by atoms with Gasteiger partial charge in [-0.25, -0.2) is 4.98 Å². The third-order valence-corrected chi connectivity index (χ3v) is 8.41. The molecule has 1 atom stereocenters. The summed E-state index contributed by atoms with van der Waals surface area (Å²) in [5.74, 6) is 0.374. The lowest BCUT2D eigenvalue weighted by molar-refractivity contribution is -0.138. The van der Waals surface area contributed by atoms with E-state index < -0.39 is 23.3 Å². The number of likely N-dealkylation sites (N-methyl/N-ethyl adjacent to an activating group) is 1. The fraction of sp³-hybridized carbons (Fsp3) is 0.467. The van der Waals surface area contributed by atoms with Crippen LogP contribution < -0.4 is 15.4 Å². The molecule has 0 bridgehead atoms. The molecule has 1 aromatic carbocycles. The van der Waals surface area contributed by atoms with Gasteiger partial charge in [-0.3, -0.25) is 14.5 Å². The highest BCUT2D eigenvalue weighted by atomic mass is 19.4. The minimum absolute atomic E-state index is 0.0358. The second-order valence-electron chi connectivity index (χ2n) is 10.9. The minimum Gasteiger partial charge on any atom is -0.352 e. The van der Waals surface area contributed by atoms with Gasteiger partial charge in [-0.15, -0.1) is 0 Å². The number of alkyl halides is 3. The number of carbonyl (C=O) groups excluding carboxylic acids is 1. The zero-order valence-corrected chi connectivity index (χ0v) is 24.9. The lowest BCUT2D eigenvalue weighted by Gasteiger charge is -2.45. The number of hydrogen-bond donors (Lipinski definition) is 0. The smallest absolute Gasteiger partial charge is 0.352 e. The number of nitrogens with zero attached hydrogens (tertiary/aromatic N) is 9. The lowest BCUT2D eigenvalue weighted by atomic mass is 10.1. The van der Waals surface area contributed by atoms with E-state index in [1.165, 1.54) is 37.4 Å². The summed E-state index contributed by atoms with van der Waals surface area (Å²) < 4.78 is 43.0. The van der Waals surface area contributed by atoms with Crippen LogP contribution in [0.25, 0.3) is 16.6 Å². The van der Waals surface area contributed by atoms with E-state index in [4.69, 9.17) is 4.98 Å². The third kappa shape index (κ3) is 5.59. The molecule has 0 aliphatic carbocycles. The number of anilines is 2. The number of piperazine rings is 1. The number of nitriles is 1. The Labute approximate surface area is 252 Å². The average molecular weight is 610 g/mol. The van der Waals surface area contributed by atoms with E-state index in [1.807, 2.05) is 9.80 Å². The maximum atomic E-state index is 14.1. The molecule has 2 fully saturated rings. The molecule has 0 saturated carbocycles. The molecular weight excluding hydrogens is 575 g/mol. The predicted octanol–water partition coefficient (Wildman–Crippen LogP) is 3.15. The van der Waals surface area contributed by atoms with Gasteiger partial charge in [-0.1, -0.05) is 32.6 Å². The van der Waals surface area contributed by atoms with Crippen LogP contribution in [0.5, 0.6) is 0 Å². The summed E-state index contributed by atoms with van der Waals surface area (Å²) in [6.45, 7) is 12.9. The highest BCUT2D eigenvalue weighted by Crippen LogP contribution is 2.36. The Morgan fingerprint density at radius 3 is 2.52 bits per heavy atom. The van der Waals surface area contributed by atoms with Crippen molar-refractivity contribution in [2.45, 2.75) is 45.5 Å². The van der Waals surface area contributed by atoms with Gasteiger partial charge in [0.25, 0.3) is 5.56 Å². The van der Waals surface area contributed by atoms with Crippen molar-refractivity contribution in [3.63, 3.8) is 0 Å². The second-order valence-corrected chi connectivity index (χ2v) is 10.9. The van der Waals surface area contributed by atoms with E-state index in [0.717, 1.165) is 17.8 Å². The summed E-state index contributed by atoms with van der Waals surface area (Å²) in [7, 11) is 0. The molecule has 0 spiro atoms. The van der Waals surface area contributed by atoms with E-state index in [9.17, 15) is 28.0 Å². The van der Waals surface area contributed by atoms with Crippen LogP contribution >= 0.6 is 0 Å². The number of carbonyl (C=O) groups is 1. The summed E-state index contributed by atoms with van der Waals surface area (Å²) in [6, 6.07) is 5.94. The van der Waals surface area contributed by atoms with Gasteiger partial charge in [-0.05, 0) is 37.7 Å². The summed E-state index contributed by atoms with van der Waals surface area (Å²) >= 11 is 0. The van der Waals surface area contributed by atoms with Crippen molar-refractivity contribution in [3.05, 3.63) is 58.5 Å². The van der Waals surface area contributed by atoms with Crippen molar-refractivity contribution >= 4 is 28.6 Å². The number of aryl methyl sites for hydroxylation is 1. The maximum absolute atomic E-state index is 14.1. The highest BCUT2D eigenvalue weighted by molar-refractivity contribution is 5.90. The highest BCUT2D eigenvalue weighted by Gasteiger charge is 2.38. The molecule has 14 heteroatoms. The molecule has 0 N–H and O–H groups in total. The molecule has 2 aliphatic heterocycles. The zero-order chi connectivity index (χ0) is 31.8. The van der Waals surface area contributed by atoms with Crippen molar-refractivity contribution < 1.29 is 18.0 Å². The fourth-order valence-electron chi connectivity index (χ4n) is 6.07. The molecule has 1 amide bonds. The van der Waals surface area contributed by atoms with Gasteiger partial charge < -0.3 is 14.7 Å². The first-order valence-electron chi connectivity index (χ1n) is 14.5. The normalized spacial score (nSPS) is 17.6. The number of amides is 1. The van der Waals surface area contributed by atoms with Crippen molar-refractivity contribution in [1.82, 2.24) is 29.5 Å². The third-order valence-electron chi connectivity index (χ3n) is 8.41. The first-order chi connectivity index (χ1) is 21.0. The van der Waals surface area contributed by atoms with Gasteiger partial charge in [-0.2, -0.15) is 33.2 Å². The van der Waals surface area contributed by atoms with Gasteiger partial charge in [0.15, 0.2) is 0 Å². The molecule has 2 saturated heterocycles. The van der Waals surface area contributed by atoms with Crippen LogP contribution in [0.4, 0.5) is 24.9 Å². The Morgan fingerprint density at radius 2 is 1.89 bits per heavy atom. The summed E-state index contributed by atoms with van der Waals surface area (Å²) in [4.78, 5) is 43.6. The quantitative estimate of drug-likeness (QED) is 0.356. The average Bonchev–Trinajstić information content (AvgIpc) is 2.97. The minimum atomic E-state index is -4.71. The Balaban J connectivity index is 1.64. The van der Waals surface area contributed by atoms with Gasteiger partial charge >= 0.3 is 6.18 Å². The summed E-state index contributed by atoms with van der Waals surface area (Å²) in [5.41, 5.74) is -2.25. The molecule has 0 radical (unpaired) electrons. The van der Waals surface area contributed by atoms with Crippen molar-refractivity contribution in [2.24, 2.45) is 0 Å². The Bertz CT molecular complexity index is 1670. The largest absolute Gasteiger partial charge is 0.418 e. The molecule has 4 heterocycles. The molecular formula is C30H34F3N9O2. The zero-order valence-electron chi connectivity index (χ0n) is 24.9. The maximum Gasteiger partial charge on any atom is 0.418 e. The van der Waals surface area contributed by atoms with Crippen LogP contribution in [0, 0.1) is 18.3 Å². The van der Waals surface area contributed by atoms with E-state index in [2.05, 4.69) is 41.5 Å². The first-order valence-corrected chi connectivity index (χ1v) is 14.5. The van der Waals surface area contributed by atoms with Crippen LogP contribution in [0.3, 0.4) is 0 Å². The molecule has 44 heavy (non-hydrogen) atoms.